The molecule has 0 bridgehead atoms. The number of carbonyl (C=O) groups is 2. The van der Waals surface area contributed by atoms with E-state index in [0.29, 0.717) is 22.4 Å². The van der Waals surface area contributed by atoms with Crippen molar-refractivity contribution in [1.82, 2.24) is 0 Å². The monoisotopic (exact) mass is 352 g/mol. The van der Waals surface area contributed by atoms with E-state index in [9.17, 15) is 22.8 Å². The molecule has 132 valence electrons. The van der Waals surface area contributed by atoms with Gasteiger partial charge in [0.05, 0.1) is 6.61 Å². The van der Waals surface area contributed by atoms with Crippen molar-refractivity contribution in [1.29, 1.82) is 0 Å². The van der Waals surface area contributed by atoms with Crippen LogP contribution in [0.25, 0.3) is 0 Å². The molecule has 0 fully saturated rings. The molecule has 0 saturated heterocycles. The zero-order valence-corrected chi connectivity index (χ0v) is 13.0. The van der Waals surface area contributed by atoms with E-state index in [4.69, 9.17) is 5.73 Å². The number of halogens is 3. The lowest BCUT2D eigenvalue weighted by Crippen LogP contribution is -2.16. The van der Waals surface area contributed by atoms with Crippen LogP contribution in [0.5, 0.6) is 0 Å². The van der Waals surface area contributed by atoms with E-state index in [0.717, 1.165) is 0 Å². The maximum absolute atomic E-state index is 12.1. The fraction of sp³-hybridized carbons (Fsp3) is 0.176. The van der Waals surface area contributed by atoms with Gasteiger partial charge in [-0.1, -0.05) is 12.1 Å². The molecule has 0 aliphatic rings. The van der Waals surface area contributed by atoms with Crippen LogP contribution in [-0.2, 0) is 11.3 Å². The van der Waals surface area contributed by atoms with Crippen LogP contribution >= 0.6 is 0 Å². The second kappa shape index (κ2) is 7.80. The Balaban J connectivity index is 1.92. The average Bonchev–Trinajstić information content (AvgIpc) is 2.54. The highest BCUT2D eigenvalue weighted by atomic mass is 19.4. The van der Waals surface area contributed by atoms with Gasteiger partial charge in [0.25, 0.3) is 5.91 Å². The average molecular weight is 352 g/mol. The van der Waals surface area contributed by atoms with Gasteiger partial charge in [0.2, 0.25) is 5.91 Å². The number of amides is 2. The van der Waals surface area contributed by atoms with Crippen LogP contribution in [-0.4, -0.2) is 24.6 Å². The molecule has 2 rings (SSSR count). The third-order valence-electron chi connectivity index (χ3n) is 3.18. The topological polar surface area (TPSA) is 81.4 Å². The molecule has 2 aromatic rings. The smallest absolute Gasteiger partial charge is 0.367 e. The molecular formula is C17H15F3N2O3. The maximum Gasteiger partial charge on any atom is 0.411 e. The number of benzene rings is 2. The van der Waals surface area contributed by atoms with Crippen molar-refractivity contribution in [2.45, 2.75) is 12.8 Å². The van der Waals surface area contributed by atoms with Gasteiger partial charge in [0, 0.05) is 16.8 Å². The Morgan fingerprint density at radius 1 is 0.960 bits per heavy atom. The van der Waals surface area contributed by atoms with Crippen LogP contribution in [0.4, 0.5) is 18.9 Å². The van der Waals surface area contributed by atoms with Crippen molar-refractivity contribution in [2.75, 3.05) is 11.9 Å². The minimum absolute atomic E-state index is 0.198. The standard InChI is InChI=1S/C17H15F3N2O3/c18-17(19,20)10-25-9-11-1-3-13(4-2-11)16(24)22-14-7-5-12(6-8-14)15(21)23/h1-8H,9-10H2,(H2,21,23)(H,22,24). The van der Waals surface area contributed by atoms with Crippen LogP contribution in [0, 0.1) is 0 Å². The first-order valence-corrected chi connectivity index (χ1v) is 7.19. The Morgan fingerprint density at radius 3 is 2.04 bits per heavy atom. The molecule has 0 atom stereocenters. The van der Waals surface area contributed by atoms with E-state index in [1.165, 1.54) is 48.5 Å². The molecular weight excluding hydrogens is 337 g/mol. The van der Waals surface area contributed by atoms with Crippen molar-refractivity contribution >= 4 is 17.5 Å². The highest BCUT2D eigenvalue weighted by Crippen LogP contribution is 2.16. The van der Waals surface area contributed by atoms with E-state index >= 15 is 0 Å². The summed E-state index contributed by atoms with van der Waals surface area (Å²) in [6, 6.07) is 12.1. The Labute approximate surface area is 141 Å². The summed E-state index contributed by atoms with van der Waals surface area (Å²) >= 11 is 0. The van der Waals surface area contributed by atoms with Crippen molar-refractivity contribution < 1.29 is 27.5 Å². The lowest BCUT2D eigenvalue weighted by molar-refractivity contribution is -0.176. The van der Waals surface area contributed by atoms with Gasteiger partial charge >= 0.3 is 6.18 Å². The van der Waals surface area contributed by atoms with Crippen molar-refractivity contribution in [2.24, 2.45) is 5.73 Å². The van der Waals surface area contributed by atoms with Crippen LogP contribution < -0.4 is 11.1 Å². The van der Waals surface area contributed by atoms with Crippen LogP contribution in [0.3, 0.4) is 0 Å². The number of nitrogens with two attached hydrogens (primary N) is 1. The number of ether oxygens (including phenoxy) is 1. The van der Waals surface area contributed by atoms with E-state index in [1.807, 2.05) is 0 Å². The van der Waals surface area contributed by atoms with Crippen LogP contribution in [0.15, 0.2) is 48.5 Å². The second-order valence-corrected chi connectivity index (χ2v) is 5.20. The summed E-state index contributed by atoms with van der Waals surface area (Å²) in [5.41, 5.74) is 6.78. The fourth-order valence-corrected chi connectivity index (χ4v) is 1.96. The van der Waals surface area contributed by atoms with E-state index in [1.54, 1.807) is 0 Å². The highest BCUT2D eigenvalue weighted by Gasteiger charge is 2.27. The molecule has 0 radical (unpaired) electrons. The number of primary amides is 1. The van der Waals surface area contributed by atoms with Crippen LogP contribution in [0.2, 0.25) is 0 Å². The predicted molar refractivity (Wildman–Crippen MR) is 85.1 cm³/mol. The van der Waals surface area contributed by atoms with Gasteiger partial charge in [0.15, 0.2) is 0 Å². The Bertz CT molecular complexity index is 741. The molecule has 0 aromatic heterocycles. The number of hydrogen-bond donors (Lipinski definition) is 2. The van der Waals surface area contributed by atoms with E-state index in [-0.39, 0.29) is 6.61 Å². The zero-order valence-electron chi connectivity index (χ0n) is 13.0. The molecule has 25 heavy (non-hydrogen) atoms. The van der Waals surface area contributed by atoms with Gasteiger partial charge < -0.3 is 15.8 Å². The fourth-order valence-electron chi connectivity index (χ4n) is 1.96. The summed E-state index contributed by atoms with van der Waals surface area (Å²) < 4.78 is 40.6. The molecule has 2 amide bonds. The third-order valence-corrected chi connectivity index (χ3v) is 3.18. The normalized spacial score (nSPS) is 11.2. The summed E-state index contributed by atoms with van der Waals surface area (Å²) in [6.07, 6.45) is -4.37. The number of hydrogen-bond acceptors (Lipinski definition) is 3. The highest BCUT2D eigenvalue weighted by molar-refractivity contribution is 6.04. The predicted octanol–water partition coefficient (Wildman–Crippen LogP) is 3.12. The van der Waals surface area contributed by atoms with Gasteiger partial charge in [-0.2, -0.15) is 13.2 Å². The third kappa shape index (κ3) is 5.92. The minimum Gasteiger partial charge on any atom is -0.367 e. The molecule has 8 heteroatoms. The van der Waals surface area contributed by atoms with Gasteiger partial charge in [-0.05, 0) is 42.0 Å². The molecule has 0 spiro atoms. The zero-order chi connectivity index (χ0) is 18.4. The van der Waals surface area contributed by atoms with Gasteiger partial charge in [0.1, 0.15) is 6.61 Å². The summed E-state index contributed by atoms with van der Waals surface area (Å²) in [4.78, 5) is 23.1. The lowest BCUT2D eigenvalue weighted by Gasteiger charge is -2.09. The summed E-state index contributed by atoms with van der Waals surface area (Å²) in [6.45, 7) is -1.52. The van der Waals surface area contributed by atoms with Crippen molar-refractivity contribution in [3.8, 4) is 0 Å². The van der Waals surface area contributed by atoms with Crippen molar-refractivity contribution in [3.63, 3.8) is 0 Å². The molecule has 2 aromatic carbocycles. The van der Waals surface area contributed by atoms with Gasteiger partial charge in [-0.25, -0.2) is 0 Å². The first-order valence-electron chi connectivity index (χ1n) is 7.19. The molecule has 0 aliphatic heterocycles. The molecule has 0 saturated carbocycles. The quantitative estimate of drug-likeness (QED) is 0.838. The number of nitrogens with one attached hydrogen (secondary N) is 1. The molecule has 0 aliphatic carbocycles. The Hall–Kier alpha value is -2.87. The minimum atomic E-state index is -4.37. The molecule has 0 unspecified atom stereocenters. The number of rotatable bonds is 6. The molecule has 0 heterocycles. The second-order valence-electron chi connectivity index (χ2n) is 5.20. The first kappa shape index (κ1) is 18.5. The van der Waals surface area contributed by atoms with Gasteiger partial charge in [-0.15, -0.1) is 0 Å². The number of alkyl halides is 3. The molecule has 3 N–H and O–H groups in total. The maximum atomic E-state index is 12.1. The number of carbonyl (C=O) groups excluding carboxylic acids is 2. The van der Waals surface area contributed by atoms with Crippen LogP contribution in [0.1, 0.15) is 26.3 Å². The van der Waals surface area contributed by atoms with E-state index in [2.05, 4.69) is 10.1 Å². The number of anilines is 1. The van der Waals surface area contributed by atoms with Gasteiger partial charge in [-0.3, -0.25) is 9.59 Å². The summed E-state index contributed by atoms with van der Waals surface area (Å²) in [5, 5.41) is 2.64. The lowest BCUT2D eigenvalue weighted by atomic mass is 10.1. The molecule has 5 nitrogen and oxygen atoms in total. The SMILES string of the molecule is NC(=O)c1ccc(NC(=O)c2ccc(COCC(F)(F)F)cc2)cc1. The largest absolute Gasteiger partial charge is 0.411 e. The Morgan fingerprint density at radius 2 is 1.52 bits per heavy atom. The summed E-state index contributed by atoms with van der Waals surface area (Å²) in [7, 11) is 0. The summed E-state index contributed by atoms with van der Waals surface area (Å²) in [5.74, 6) is -0.962. The first-order chi connectivity index (χ1) is 11.7. The van der Waals surface area contributed by atoms with Crippen molar-refractivity contribution in [3.05, 3.63) is 65.2 Å². The van der Waals surface area contributed by atoms with E-state index < -0.39 is 24.6 Å². The Kier molecular flexibility index (Phi) is 5.76.